The lowest BCUT2D eigenvalue weighted by molar-refractivity contribution is 0.120. The second kappa shape index (κ2) is 8.49. The van der Waals surface area contributed by atoms with E-state index < -0.39 is 0 Å². The molecule has 0 amide bonds. The van der Waals surface area contributed by atoms with Gasteiger partial charge in [-0.05, 0) is 35.9 Å². The van der Waals surface area contributed by atoms with E-state index in [2.05, 4.69) is 63.0 Å². The molecule has 2 aromatic carbocycles. The highest BCUT2D eigenvalue weighted by Crippen LogP contribution is 2.26. The van der Waals surface area contributed by atoms with Crippen LogP contribution in [0.5, 0.6) is 0 Å². The standard InChI is InChI=1S/C22H23Cl2N3/c23-19-8-9-22(21(24)15-19)27-10-4-7-20(27)17-26-13-11-25(12-14-26)16-18-5-2-1-3-6-18/h1-10,15H,11-14,16-17H2. The molecule has 1 fully saturated rings. The van der Waals surface area contributed by atoms with Gasteiger partial charge in [-0.3, -0.25) is 9.80 Å². The summed E-state index contributed by atoms with van der Waals surface area (Å²) in [5.41, 5.74) is 3.61. The first-order valence-corrected chi connectivity index (χ1v) is 10.0. The number of piperazine rings is 1. The Labute approximate surface area is 170 Å². The molecule has 0 saturated carbocycles. The lowest BCUT2D eigenvalue weighted by Gasteiger charge is -2.34. The molecule has 0 radical (unpaired) electrons. The van der Waals surface area contributed by atoms with Gasteiger partial charge in [-0.2, -0.15) is 0 Å². The molecular formula is C22H23Cl2N3. The normalized spacial score (nSPS) is 15.9. The van der Waals surface area contributed by atoms with Crippen molar-refractivity contribution < 1.29 is 0 Å². The van der Waals surface area contributed by atoms with Crippen LogP contribution in [0, 0.1) is 0 Å². The molecule has 5 heteroatoms. The minimum Gasteiger partial charge on any atom is -0.318 e. The predicted molar refractivity (Wildman–Crippen MR) is 113 cm³/mol. The van der Waals surface area contributed by atoms with E-state index in [1.807, 2.05) is 12.1 Å². The SMILES string of the molecule is Clc1ccc(-n2cccc2CN2CCN(Cc3ccccc3)CC2)c(Cl)c1. The molecule has 3 nitrogen and oxygen atoms in total. The second-order valence-corrected chi connectivity index (χ2v) is 7.85. The van der Waals surface area contributed by atoms with Crippen LogP contribution in [0.15, 0.2) is 66.9 Å². The molecule has 27 heavy (non-hydrogen) atoms. The first-order valence-electron chi connectivity index (χ1n) is 9.29. The number of benzene rings is 2. The quantitative estimate of drug-likeness (QED) is 0.590. The maximum Gasteiger partial charge on any atom is 0.0661 e. The fraction of sp³-hybridized carbons (Fsp3) is 0.273. The van der Waals surface area contributed by atoms with Crippen molar-refractivity contribution in [3.05, 3.63) is 88.2 Å². The van der Waals surface area contributed by atoms with Gasteiger partial charge in [-0.1, -0.05) is 53.5 Å². The van der Waals surface area contributed by atoms with Gasteiger partial charge in [0.25, 0.3) is 0 Å². The maximum atomic E-state index is 6.41. The number of rotatable bonds is 5. The van der Waals surface area contributed by atoms with Crippen LogP contribution in [0.25, 0.3) is 5.69 Å². The Balaban J connectivity index is 1.38. The van der Waals surface area contributed by atoms with E-state index >= 15 is 0 Å². The smallest absolute Gasteiger partial charge is 0.0661 e. The highest BCUT2D eigenvalue weighted by Gasteiger charge is 2.18. The van der Waals surface area contributed by atoms with E-state index in [1.165, 1.54) is 11.3 Å². The molecular weight excluding hydrogens is 377 g/mol. The van der Waals surface area contributed by atoms with Crippen LogP contribution in [-0.2, 0) is 13.1 Å². The van der Waals surface area contributed by atoms with Crippen molar-refractivity contribution in [3.8, 4) is 5.69 Å². The second-order valence-electron chi connectivity index (χ2n) is 7.00. The topological polar surface area (TPSA) is 11.4 Å². The highest BCUT2D eigenvalue weighted by molar-refractivity contribution is 6.35. The number of halogens is 2. The predicted octanol–water partition coefficient (Wildman–Crippen LogP) is 5.10. The Morgan fingerprint density at radius 2 is 1.44 bits per heavy atom. The summed E-state index contributed by atoms with van der Waals surface area (Å²) in [4.78, 5) is 5.04. The van der Waals surface area contributed by atoms with Crippen molar-refractivity contribution in [2.24, 2.45) is 0 Å². The number of hydrogen-bond donors (Lipinski definition) is 0. The van der Waals surface area contributed by atoms with Gasteiger partial charge in [0.2, 0.25) is 0 Å². The average Bonchev–Trinajstić information content (AvgIpc) is 3.12. The van der Waals surface area contributed by atoms with E-state index in [0.717, 1.165) is 45.0 Å². The van der Waals surface area contributed by atoms with Crippen molar-refractivity contribution in [2.45, 2.75) is 13.1 Å². The van der Waals surface area contributed by atoms with Crippen LogP contribution >= 0.6 is 23.2 Å². The Bertz CT molecular complexity index is 884. The van der Waals surface area contributed by atoms with Crippen LogP contribution in [0.3, 0.4) is 0 Å². The summed E-state index contributed by atoms with van der Waals surface area (Å²) in [6.07, 6.45) is 2.07. The van der Waals surface area contributed by atoms with Crippen LogP contribution in [0.4, 0.5) is 0 Å². The molecule has 1 saturated heterocycles. The monoisotopic (exact) mass is 399 g/mol. The van der Waals surface area contributed by atoms with E-state index in [9.17, 15) is 0 Å². The highest BCUT2D eigenvalue weighted by atomic mass is 35.5. The molecule has 0 N–H and O–H groups in total. The summed E-state index contributed by atoms with van der Waals surface area (Å²) in [5, 5.41) is 1.33. The molecule has 0 bridgehead atoms. The zero-order valence-corrected chi connectivity index (χ0v) is 16.7. The van der Waals surface area contributed by atoms with E-state index in [4.69, 9.17) is 23.2 Å². The Hall–Kier alpha value is -1.78. The van der Waals surface area contributed by atoms with Gasteiger partial charge < -0.3 is 4.57 Å². The van der Waals surface area contributed by atoms with Gasteiger partial charge in [-0.15, -0.1) is 0 Å². The molecule has 2 heterocycles. The molecule has 0 aliphatic carbocycles. The van der Waals surface area contributed by atoms with E-state index in [0.29, 0.717) is 10.0 Å². The third kappa shape index (κ3) is 4.56. The lowest BCUT2D eigenvalue weighted by Crippen LogP contribution is -2.45. The van der Waals surface area contributed by atoms with Crippen molar-refractivity contribution in [1.82, 2.24) is 14.4 Å². The minimum atomic E-state index is 0.659. The average molecular weight is 400 g/mol. The molecule has 1 aliphatic rings. The Kier molecular flexibility index (Phi) is 5.84. The molecule has 3 aromatic rings. The van der Waals surface area contributed by atoms with Crippen LogP contribution in [0.1, 0.15) is 11.3 Å². The maximum absolute atomic E-state index is 6.41. The van der Waals surface area contributed by atoms with Gasteiger partial charge >= 0.3 is 0 Å². The third-order valence-corrected chi connectivity index (χ3v) is 5.64. The zero-order chi connectivity index (χ0) is 18.6. The summed E-state index contributed by atoms with van der Waals surface area (Å²) < 4.78 is 2.16. The zero-order valence-electron chi connectivity index (χ0n) is 15.2. The lowest BCUT2D eigenvalue weighted by atomic mass is 10.2. The summed E-state index contributed by atoms with van der Waals surface area (Å²) >= 11 is 12.4. The number of aromatic nitrogens is 1. The van der Waals surface area contributed by atoms with Crippen LogP contribution < -0.4 is 0 Å². The Morgan fingerprint density at radius 1 is 0.741 bits per heavy atom. The third-order valence-electron chi connectivity index (χ3n) is 5.10. The first kappa shape index (κ1) is 18.6. The van der Waals surface area contributed by atoms with E-state index in [-0.39, 0.29) is 0 Å². The Morgan fingerprint density at radius 3 is 2.15 bits per heavy atom. The van der Waals surface area contributed by atoms with E-state index in [1.54, 1.807) is 6.07 Å². The van der Waals surface area contributed by atoms with Crippen molar-refractivity contribution in [1.29, 1.82) is 0 Å². The van der Waals surface area contributed by atoms with Gasteiger partial charge in [0, 0.05) is 56.2 Å². The van der Waals surface area contributed by atoms with Gasteiger partial charge in [-0.25, -0.2) is 0 Å². The summed E-state index contributed by atoms with van der Waals surface area (Å²) in [7, 11) is 0. The van der Waals surface area contributed by atoms with Gasteiger partial charge in [0.15, 0.2) is 0 Å². The molecule has 140 valence electrons. The van der Waals surface area contributed by atoms with Crippen molar-refractivity contribution >= 4 is 23.2 Å². The molecule has 0 unspecified atom stereocenters. The fourth-order valence-electron chi connectivity index (χ4n) is 3.63. The summed E-state index contributed by atoms with van der Waals surface area (Å²) in [6, 6.07) is 20.6. The van der Waals surface area contributed by atoms with Crippen LogP contribution in [-0.4, -0.2) is 40.5 Å². The molecule has 1 aromatic heterocycles. The van der Waals surface area contributed by atoms with Gasteiger partial charge in [0.1, 0.15) is 0 Å². The molecule has 1 aliphatic heterocycles. The fourth-order valence-corrected chi connectivity index (χ4v) is 4.13. The number of nitrogens with zero attached hydrogens (tertiary/aromatic N) is 3. The minimum absolute atomic E-state index is 0.659. The number of hydrogen-bond acceptors (Lipinski definition) is 2. The van der Waals surface area contributed by atoms with Gasteiger partial charge in [0.05, 0.1) is 10.7 Å². The largest absolute Gasteiger partial charge is 0.318 e. The van der Waals surface area contributed by atoms with Crippen molar-refractivity contribution in [2.75, 3.05) is 26.2 Å². The summed E-state index contributed by atoms with van der Waals surface area (Å²) in [5.74, 6) is 0. The van der Waals surface area contributed by atoms with Crippen molar-refractivity contribution in [3.63, 3.8) is 0 Å². The molecule has 0 atom stereocenters. The molecule has 0 spiro atoms. The van der Waals surface area contributed by atoms with Crippen LogP contribution in [0.2, 0.25) is 10.0 Å². The molecule has 4 rings (SSSR count). The summed E-state index contributed by atoms with van der Waals surface area (Å²) in [6.45, 7) is 6.30. The first-order chi connectivity index (χ1) is 13.2.